The van der Waals surface area contributed by atoms with E-state index in [0.717, 1.165) is 10.5 Å². The lowest BCUT2D eigenvalue weighted by Crippen LogP contribution is -2.42. The SMILES string of the molecule is CC(C)(C)c1ccc(C2(C)NC(=O)N(CC(=O)Nc3ccc(C(=O)O)cc3)C2=O)cc1. The minimum absolute atomic E-state index is 0.0465. The average molecular weight is 423 g/mol. The van der Waals surface area contributed by atoms with Crippen LogP contribution >= 0.6 is 0 Å². The van der Waals surface area contributed by atoms with Crippen molar-refractivity contribution in [2.24, 2.45) is 0 Å². The zero-order chi connectivity index (χ0) is 23.0. The number of urea groups is 1. The van der Waals surface area contributed by atoms with E-state index in [4.69, 9.17) is 5.11 Å². The normalized spacial score (nSPS) is 18.6. The van der Waals surface area contributed by atoms with Crippen molar-refractivity contribution >= 4 is 29.5 Å². The Morgan fingerprint density at radius 3 is 2.13 bits per heavy atom. The van der Waals surface area contributed by atoms with E-state index in [1.807, 2.05) is 24.3 Å². The third kappa shape index (κ3) is 4.42. The fourth-order valence-electron chi connectivity index (χ4n) is 3.38. The predicted octanol–water partition coefficient (Wildman–Crippen LogP) is 3.09. The summed E-state index contributed by atoms with van der Waals surface area (Å²) in [5.41, 5.74) is 0.863. The Morgan fingerprint density at radius 1 is 1.03 bits per heavy atom. The fourth-order valence-corrected chi connectivity index (χ4v) is 3.38. The van der Waals surface area contributed by atoms with Gasteiger partial charge in [0.15, 0.2) is 0 Å². The first-order chi connectivity index (χ1) is 14.4. The van der Waals surface area contributed by atoms with Gasteiger partial charge in [-0.1, -0.05) is 45.0 Å². The number of anilines is 1. The monoisotopic (exact) mass is 423 g/mol. The van der Waals surface area contributed by atoms with Crippen LogP contribution in [0.2, 0.25) is 0 Å². The van der Waals surface area contributed by atoms with Crippen LogP contribution in [0.1, 0.15) is 49.2 Å². The Hall–Kier alpha value is -3.68. The van der Waals surface area contributed by atoms with Crippen molar-refractivity contribution in [3.63, 3.8) is 0 Å². The lowest BCUT2D eigenvalue weighted by molar-refractivity contribution is -0.133. The van der Waals surface area contributed by atoms with Gasteiger partial charge in [0, 0.05) is 5.69 Å². The molecule has 1 atom stereocenters. The molecule has 8 heteroatoms. The predicted molar refractivity (Wildman–Crippen MR) is 115 cm³/mol. The zero-order valence-corrected chi connectivity index (χ0v) is 17.9. The Morgan fingerprint density at radius 2 is 1.61 bits per heavy atom. The Kier molecular flexibility index (Phi) is 5.59. The fraction of sp³-hybridized carbons (Fsp3) is 0.304. The number of carboxylic acids is 1. The molecule has 8 nitrogen and oxygen atoms in total. The van der Waals surface area contributed by atoms with Crippen LogP contribution in [0.4, 0.5) is 10.5 Å². The average Bonchev–Trinajstić information content (AvgIpc) is 2.92. The Balaban J connectivity index is 1.72. The number of nitrogens with zero attached hydrogens (tertiary/aromatic N) is 1. The molecule has 31 heavy (non-hydrogen) atoms. The van der Waals surface area contributed by atoms with Crippen LogP contribution < -0.4 is 10.6 Å². The molecule has 0 bridgehead atoms. The molecule has 4 amide bonds. The number of carbonyl (C=O) groups is 4. The first kappa shape index (κ1) is 22.0. The largest absolute Gasteiger partial charge is 0.478 e. The van der Waals surface area contributed by atoms with Gasteiger partial charge in [-0.2, -0.15) is 0 Å². The number of imide groups is 1. The van der Waals surface area contributed by atoms with Crippen molar-refractivity contribution in [1.82, 2.24) is 10.2 Å². The molecule has 2 aromatic carbocycles. The number of rotatable bonds is 5. The second-order valence-corrected chi connectivity index (χ2v) is 8.70. The second kappa shape index (κ2) is 7.86. The quantitative estimate of drug-likeness (QED) is 0.639. The summed E-state index contributed by atoms with van der Waals surface area (Å²) in [6, 6.07) is 12.4. The number of carboxylic acid groups (broad SMARTS) is 1. The molecule has 0 saturated carbocycles. The molecule has 1 aliphatic rings. The maximum Gasteiger partial charge on any atom is 0.335 e. The van der Waals surface area contributed by atoms with E-state index in [9.17, 15) is 19.2 Å². The molecule has 0 radical (unpaired) electrons. The first-order valence-electron chi connectivity index (χ1n) is 9.80. The van der Waals surface area contributed by atoms with Crippen molar-refractivity contribution in [3.05, 3.63) is 65.2 Å². The van der Waals surface area contributed by atoms with Gasteiger partial charge in [-0.25, -0.2) is 9.59 Å². The molecule has 1 aliphatic heterocycles. The smallest absolute Gasteiger partial charge is 0.335 e. The molecule has 1 saturated heterocycles. The Bertz CT molecular complexity index is 1040. The van der Waals surface area contributed by atoms with Gasteiger partial charge in [0.05, 0.1) is 5.56 Å². The standard InChI is InChI=1S/C23H25N3O5/c1-22(2,3)15-7-9-16(10-8-15)23(4)20(30)26(21(31)25-23)13-18(27)24-17-11-5-14(6-12-17)19(28)29/h5-12H,13H2,1-4H3,(H,24,27)(H,25,31)(H,28,29). The van der Waals surface area contributed by atoms with Crippen LogP contribution in [-0.2, 0) is 20.5 Å². The lowest BCUT2D eigenvalue weighted by atomic mass is 9.84. The van der Waals surface area contributed by atoms with Crippen molar-refractivity contribution in [2.45, 2.75) is 38.6 Å². The van der Waals surface area contributed by atoms with Gasteiger partial charge in [-0.15, -0.1) is 0 Å². The highest BCUT2D eigenvalue weighted by Crippen LogP contribution is 2.31. The summed E-state index contributed by atoms with van der Waals surface area (Å²) >= 11 is 0. The molecule has 0 spiro atoms. The third-order valence-electron chi connectivity index (χ3n) is 5.32. The molecular formula is C23H25N3O5. The molecule has 3 rings (SSSR count). The number of benzene rings is 2. The number of amides is 4. The molecule has 0 aromatic heterocycles. The highest BCUT2D eigenvalue weighted by Gasteiger charge is 2.49. The van der Waals surface area contributed by atoms with Gasteiger partial charge in [-0.05, 0) is 47.7 Å². The van der Waals surface area contributed by atoms with E-state index >= 15 is 0 Å². The maximum atomic E-state index is 13.0. The highest BCUT2D eigenvalue weighted by molar-refractivity contribution is 6.10. The van der Waals surface area contributed by atoms with Gasteiger partial charge >= 0.3 is 12.0 Å². The van der Waals surface area contributed by atoms with Crippen LogP contribution in [0.5, 0.6) is 0 Å². The lowest BCUT2D eigenvalue weighted by Gasteiger charge is -2.24. The number of aromatic carboxylic acids is 1. The molecule has 162 valence electrons. The minimum atomic E-state index is -1.27. The second-order valence-electron chi connectivity index (χ2n) is 8.70. The number of hydrogen-bond acceptors (Lipinski definition) is 4. The number of carbonyl (C=O) groups excluding carboxylic acids is 3. The molecule has 3 N–H and O–H groups in total. The summed E-state index contributed by atoms with van der Waals surface area (Å²) in [5, 5.41) is 14.2. The zero-order valence-electron chi connectivity index (χ0n) is 17.9. The first-order valence-corrected chi connectivity index (χ1v) is 9.80. The van der Waals surface area contributed by atoms with Crippen molar-refractivity contribution in [2.75, 3.05) is 11.9 Å². The number of hydrogen-bond donors (Lipinski definition) is 3. The van der Waals surface area contributed by atoms with E-state index < -0.39 is 35.9 Å². The number of nitrogens with one attached hydrogen (secondary N) is 2. The van der Waals surface area contributed by atoms with Gasteiger partial charge < -0.3 is 15.7 Å². The maximum absolute atomic E-state index is 13.0. The molecule has 0 aliphatic carbocycles. The van der Waals surface area contributed by atoms with E-state index in [-0.39, 0.29) is 11.0 Å². The molecule has 1 heterocycles. The van der Waals surface area contributed by atoms with Crippen LogP contribution in [0.15, 0.2) is 48.5 Å². The molecule has 1 unspecified atom stereocenters. The van der Waals surface area contributed by atoms with Gasteiger partial charge in [0.2, 0.25) is 5.91 Å². The molecule has 1 fully saturated rings. The van der Waals surface area contributed by atoms with Gasteiger partial charge in [-0.3, -0.25) is 14.5 Å². The molecular weight excluding hydrogens is 398 g/mol. The van der Waals surface area contributed by atoms with E-state index in [1.165, 1.54) is 24.3 Å². The summed E-state index contributed by atoms with van der Waals surface area (Å²) in [7, 11) is 0. The van der Waals surface area contributed by atoms with Crippen LogP contribution in [0.3, 0.4) is 0 Å². The van der Waals surface area contributed by atoms with Gasteiger partial charge in [0.1, 0.15) is 12.1 Å². The summed E-state index contributed by atoms with van der Waals surface area (Å²) in [5.74, 6) is -2.16. The molecule has 2 aromatic rings. The van der Waals surface area contributed by atoms with Crippen molar-refractivity contribution in [1.29, 1.82) is 0 Å². The van der Waals surface area contributed by atoms with Crippen molar-refractivity contribution in [3.8, 4) is 0 Å². The summed E-state index contributed by atoms with van der Waals surface area (Å²) < 4.78 is 0. The van der Waals surface area contributed by atoms with Gasteiger partial charge in [0.25, 0.3) is 5.91 Å². The minimum Gasteiger partial charge on any atom is -0.478 e. The van der Waals surface area contributed by atoms with Crippen molar-refractivity contribution < 1.29 is 24.3 Å². The van der Waals surface area contributed by atoms with Crippen LogP contribution in [-0.4, -0.2) is 40.4 Å². The van der Waals surface area contributed by atoms with E-state index in [0.29, 0.717) is 11.3 Å². The van der Waals surface area contributed by atoms with E-state index in [2.05, 4.69) is 31.4 Å². The summed E-state index contributed by atoms with van der Waals surface area (Å²) in [4.78, 5) is 49.6. The van der Waals surface area contributed by atoms with Crippen LogP contribution in [0, 0.1) is 0 Å². The van der Waals surface area contributed by atoms with E-state index in [1.54, 1.807) is 6.92 Å². The van der Waals surface area contributed by atoms with Crippen LogP contribution in [0.25, 0.3) is 0 Å². The third-order valence-corrected chi connectivity index (χ3v) is 5.32. The summed E-state index contributed by atoms with van der Waals surface area (Å²) in [6.45, 7) is 7.41. The highest BCUT2D eigenvalue weighted by atomic mass is 16.4. The topological polar surface area (TPSA) is 116 Å². The Labute approximate surface area is 180 Å². The summed E-state index contributed by atoms with van der Waals surface area (Å²) in [6.07, 6.45) is 0.